The van der Waals surface area contributed by atoms with Crippen LogP contribution in [-0.4, -0.2) is 42.1 Å². The second-order valence-corrected chi connectivity index (χ2v) is 5.97. The number of nitrogens with two attached hydrogens (primary N) is 1. The molecular formula is C17H25N7O2S. The van der Waals surface area contributed by atoms with Gasteiger partial charge in [0.1, 0.15) is 6.61 Å². The Bertz CT molecular complexity index is 825. The summed E-state index contributed by atoms with van der Waals surface area (Å²) in [5.74, 6) is 1.08. The molecule has 3 aromatic heterocycles. The monoisotopic (exact) mass is 391 g/mol. The minimum Gasteiger partial charge on any atom is -0.482 e. The average molecular weight is 392 g/mol. The SMILES string of the molecule is CCCC[C@@H](CO)Nc1nc(N)ncc1OCc1cn2ccncc2n1.S. The number of fused-ring (bicyclic) bond motifs is 1. The zero-order valence-electron chi connectivity index (χ0n) is 15.2. The number of nitrogens with zero attached hydrogens (tertiary/aromatic N) is 5. The number of nitrogen functional groups attached to an aromatic ring is 1. The fourth-order valence-corrected chi connectivity index (χ4v) is 2.56. The van der Waals surface area contributed by atoms with Crippen LogP contribution in [0, 0.1) is 0 Å². The summed E-state index contributed by atoms with van der Waals surface area (Å²) in [6.45, 7) is 2.36. The molecule has 3 heterocycles. The van der Waals surface area contributed by atoms with Gasteiger partial charge in [0.15, 0.2) is 17.2 Å². The van der Waals surface area contributed by atoms with Crippen molar-refractivity contribution in [3.8, 4) is 5.75 Å². The zero-order chi connectivity index (χ0) is 18.4. The van der Waals surface area contributed by atoms with Crippen molar-refractivity contribution < 1.29 is 9.84 Å². The van der Waals surface area contributed by atoms with E-state index in [4.69, 9.17) is 10.5 Å². The van der Waals surface area contributed by atoms with Crippen LogP contribution in [0.5, 0.6) is 5.75 Å². The highest BCUT2D eigenvalue weighted by molar-refractivity contribution is 7.59. The Kier molecular flexibility index (Phi) is 7.62. The third-order valence-electron chi connectivity index (χ3n) is 3.93. The van der Waals surface area contributed by atoms with Crippen molar-refractivity contribution in [2.75, 3.05) is 17.7 Å². The Hall–Kier alpha value is -2.59. The topological polar surface area (TPSA) is 123 Å². The van der Waals surface area contributed by atoms with E-state index in [0.29, 0.717) is 11.6 Å². The minimum atomic E-state index is -0.118. The summed E-state index contributed by atoms with van der Waals surface area (Å²) in [5.41, 5.74) is 7.20. The molecule has 0 spiro atoms. The largest absolute Gasteiger partial charge is 0.482 e. The van der Waals surface area contributed by atoms with Crippen LogP contribution in [-0.2, 0) is 6.61 Å². The second-order valence-electron chi connectivity index (χ2n) is 5.97. The third-order valence-corrected chi connectivity index (χ3v) is 3.93. The summed E-state index contributed by atoms with van der Waals surface area (Å²) in [5, 5.41) is 12.8. The summed E-state index contributed by atoms with van der Waals surface area (Å²) in [6.07, 6.45) is 11.5. The number of unbranched alkanes of at least 4 members (excludes halogenated alkanes) is 1. The van der Waals surface area contributed by atoms with Gasteiger partial charge in [0.2, 0.25) is 5.95 Å². The average Bonchev–Trinajstić information content (AvgIpc) is 3.07. The molecule has 0 aliphatic rings. The standard InChI is InChI=1S/C17H23N7O2.H2S/c1-2-3-4-12(10-25)22-16-14(7-20-17(18)23-16)26-11-13-9-24-6-5-19-8-15(24)21-13;/h5-9,12,25H,2-4,10-11H2,1H3,(H3,18,20,22,23);1H2/t12-;/m0./s1. The van der Waals surface area contributed by atoms with E-state index in [9.17, 15) is 5.11 Å². The molecule has 3 aromatic rings. The number of ether oxygens (including phenoxy) is 1. The first kappa shape index (κ1) is 20.7. The zero-order valence-corrected chi connectivity index (χ0v) is 16.2. The van der Waals surface area contributed by atoms with Gasteiger partial charge in [-0.15, -0.1) is 0 Å². The molecule has 0 aromatic carbocycles. The molecule has 0 radical (unpaired) electrons. The highest BCUT2D eigenvalue weighted by Crippen LogP contribution is 2.24. The van der Waals surface area contributed by atoms with Gasteiger partial charge in [0.25, 0.3) is 0 Å². The van der Waals surface area contributed by atoms with Crippen LogP contribution in [0.2, 0.25) is 0 Å². The molecule has 0 saturated carbocycles. The maximum Gasteiger partial charge on any atom is 0.222 e. The van der Waals surface area contributed by atoms with Gasteiger partial charge >= 0.3 is 0 Å². The maximum atomic E-state index is 9.57. The van der Waals surface area contributed by atoms with E-state index >= 15 is 0 Å². The van der Waals surface area contributed by atoms with Gasteiger partial charge in [-0.2, -0.15) is 18.5 Å². The van der Waals surface area contributed by atoms with Crippen molar-refractivity contribution in [3.05, 3.63) is 36.7 Å². The lowest BCUT2D eigenvalue weighted by molar-refractivity contribution is 0.265. The predicted octanol–water partition coefficient (Wildman–Crippen LogP) is 1.76. The molecule has 0 unspecified atom stereocenters. The number of rotatable bonds is 9. The second kappa shape index (κ2) is 9.93. The molecule has 0 aliphatic carbocycles. The van der Waals surface area contributed by atoms with E-state index < -0.39 is 0 Å². The Morgan fingerprint density at radius 2 is 2.19 bits per heavy atom. The van der Waals surface area contributed by atoms with Crippen LogP contribution in [0.25, 0.3) is 5.65 Å². The summed E-state index contributed by atoms with van der Waals surface area (Å²) >= 11 is 0. The van der Waals surface area contributed by atoms with Crippen molar-refractivity contribution >= 4 is 30.9 Å². The van der Waals surface area contributed by atoms with E-state index in [1.807, 2.05) is 16.8 Å². The molecule has 0 fully saturated rings. The molecule has 3 rings (SSSR count). The highest BCUT2D eigenvalue weighted by atomic mass is 32.1. The maximum absolute atomic E-state index is 9.57. The lowest BCUT2D eigenvalue weighted by atomic mass is 10.1. The molecule has 4 N–H and O–H groups in total. The molecule has 0 saturated heterocycles. The van der Waals surface area contributed by atoms with Gasteiger partial charge in [-0.05, 0) is 6.42 Å². The highest BCUT2D eigenvalue weighted by Gasteiger charge is 2.14. The first-order chi connectivity index (χ1) is 12.7. The van der Waals surface area contributed by atoms with Gasteiger partial charge < -0.3 is 25.3 Å². The number of hydrogen-bond acceptors (Lipinski definition) is 8. The van der Waals surface area contributed by atoms with E-state index in [0.717, 1.165) is 30.6 Å². The normalized spacial score (nSPS) is 11.8. The van der Waals surface area contributed by atoms with Crippen molar-refractivity contribution in [1.29, 1.82) is 0 Å². The minimum absolute atomic E-state index is 0. The summed E-state index contributed by atoms with van der Waals surface area (Å²) in [6, 6.07) is -0.118. The number of nitrogens with one attached hydrogen (secondary N) is 1. The van der Waals surface area contributed by atoms with E-state index in [1.54, 1.807) is 12.4 Å². The Morgan fingerprint density at radius 1 is 1.33 bits per heavy atom. The first-order valence-corrected chi connectivity index (χ1v) is 8.60. The number of aliphatic hydroxyl groups is 1. The smallest absolute Gasteiger partial charge is 0.222 e. The Morgan fingerprint density at radius 3 is 2.93 bits per heavy atom. The van der Waals surface area contributed by atoms with Crippen molar-refractivity contribution in [3.63, 3.8) is 0 Å². The van der Waals surface area contributed by atoms with Gasteiger partial charge in [0.05, 0.1) is 30.7 Å². The summed E-state index contributed by atoms with van der Waals surface area (Å²) < 4.78 is 7.71. The number of hydrogen-bond donors (Lipinski definition) is 3. The van der Waals surface area contributed by atoms with Gasteiger partial charge in [0, 0.05) is 18.6 Å². The van der Waals surface area contributed by atoms with Crippen LogP contribution in [0.15, 0.2) is 31.0 Å². The Balaban J connectivity index is 0.00000261. The Labute approximate surface area is 164 Å². The van der Waals surface area contributed by atoms with Gasteiger partial charge in [-0.1, -0.05) is 19.8 Å². The number of anilines is 2. The van der Waals surface area contributed by atoms with Crippen LogP contribution < -0.4 is 15.8 Å². The van der Waals surface area contributed by atoms with Crippen molar-refractivity contribution in [2.45, 2.75) is 38.8 Å². The number of imidazole rings is 1. The van der Waals surface area contributed by atoms with Crippen LogP contribution in [0.4, 0.5) is 11.8 Å². The van der Waals surface area contributed by atoms with Crippen molar-refractivity contribution in [2.24, 2.45) is 0 Å². The molecule has 10 heteroatoms. The fraction of sp³-hybridized carbons (Fsp3) is 0.412. The summed E-state index contributed by atoms with van der Waals surface area (Å²) in [7, 11) is 0. The van der Waals surface area contributed by atoms with E-state index in [-0.39, 0.29) is 38.7 Å². The van der Waals surface area contributed by atoms with Crippen molar-refractivity contribution in [1.82, 2.24) is 24.3 Å². The third kappa shape index (κ3) is 5.44. The van der Waals surface area contributed by atoms with Crippen LogP contribution in [0.1, 0.15) is 31.9 Å². The molecule has 0 amide bonds. The summed E-state index contributed by atoms with van der Waals surface area (Å²) in [4.78, 5) is 16.7. The molecule has 27 heavy (non-hydrogen) atoms. The molecule has 1 atom stereocenters. The lowest BCUT2D eigenvalue weighted by Gasteiger charge is -2.18. The molecule has 9 nitrogen and oxygen atoms in total. The van der Waals surface area contributed by atoms with E-state index in [2.05, 4.69) is 32.2 Å². The molecule has 0 bridgehead atoms. The first-order valence-electron chi connectivity index (χ1n) is 8.60. The molecule has 0 aliphatic heterocycles. The lowest BCUT2D eigenvalue weighted by Crippen LogP contribution is -2.25. The number of aromatic nitrogens is 5. The number of aliphatic hydroxyl groups excluding tert-OH is 1. The van der Waals surface area contributed by atoms with Crippen LogP contribution >= 0.6 is 13.5 Å². The van der Waals surface area contributed by atoms with Crippen LogP contribution in [0.3, 0.4) is 0 Å². The van der Waals surface area contributed by atoms with Gasteiger partial charge in [-0.25, -0.2) is 9.97 Å². The molecule has 146 valence electrons. The predicted molar refractivity (Wildman–Crippen MR) is 108 cm³/mol. The van der Waals surface area contributed by atoms with Gasteiger partial charge in [-0.3, -0.25) is 4.98 Å². The fourth-order valence-electron chi connectivity index (χ4n) is 2.56. The van der Waals surface area contributed by atoms with E-state index in [1.165, 1.54) is 6.20 Å². The molecular weight excluding hydrogens is 366 g/mol. The quantitative estimate of drug-likeness (QED) is 0.504.